The highest BCUT2D eigenvalue weighted by molar-refractivity contribution is 5.93. The molecule has 8 heteroatoms. The lowest BCUT2D eigenvalue weighted by atomic mass is 10.1. The van der Waals surface area contributed by atoms with Crippen LogP contribution >= 0.6 is 0 Å². The molecule has 0 spiro atoms. The van der Waals surface area contributed by atoms with Gasteiger partial charge in [-0.25, -0.2) is 0 Å². The van der Waals surface area contributed by atoms with Crippen molar-refractivity contribution >= 4 is 11.6 Å². The van der Waals surface area contributed by atoms with Crippen LogP contribution in [0.5, 0.6) is 11.5 Å². The molecule has 2 aromatic carbocycles. The molecular weight excluding hydrogens is 420 g/mol. The van der Waals surface area contributed by atoms with Crippen molar-refractivity contribution in [1.29, 1.82) is 0 Å². The highest BCUT2D eigenvalue weighted by atomic mass is 16.5. The molecule has 1 amide bonds. The van der Waals surface area contributed by atoms with Crippen molar-refractivity contribution in [3.63, 3.8) is 0 Å². The van der Waals surface area contributed by atoms with Crippen LogP contribution in [0.4, 0.5) is 5.69 Å². The summed E-state index contributed by atoms with van der Waals surface area (Å²) >= 11 is 0. The fourth-order valence-electron chi connectivity index (χ4n) is 3.66. The van der Waals surface area contributed by atoms with Crippen molar-refractivity contribution in [3.05, 3.63) is 60.3 Å². The van der Waals surface area contributed by atoms with Gasteiger partial charge >= 0.3 is 0 Å². The number of morpholine rings is 1. The zero-order chi connectivity index (χ0) is 23.0. The summed E-state index contributed by atoms with van der Waals surface area (Å²) in [5, 5.41) is 7.19. The lowest BCUT2D eigenvalue weighted by molar-refractivity contribution is -0.118. The van der Waals surface area contributed by atoms with Crippen molar-refractivity contribution in [2.75, 3.05) is 51.4 Å². The predicted molar refractivity (Wildman–Crippen MR) is 127 cm³/mol. The fraction of sp³-hybridized carbons (Fsp3) is 0.360. The number of nitrogens with one attached hydrogen (secondary N) is 1. The van der Waals surface area contributed by atoms with E-state index in [1.54, 1.807) is 10.9 Å². The number of ether oxygens (including phenoxy) is 3. The van der Waals surface area contributed by atoms with E-state index in [1.807, 2.05) is 62.5 Å². The zero-order valence-corrected chi connectivity index (χ0v) is 19.1. The molecule has 0 atom stereocenters. The van der Waals surface area contributed by atoms with Crippen LogP contribution in [0, 0.1) is 6.92 Å². The van der Waals surface area contributed by atoms with Crippen LogP contribution in [-0.4, -0.2) is 66.6 Å². The van der Waals surface area contributed by atoms with Crippen LogP contribution < -0.4 is 14.8 Å². The third-order valence-corrected chi connectivity index (χ3v) is 5.52. The molecule has 2 heterocycles. The standard InChI is InChI=1S/C25H30N4O4/c1-19-3-6-21(7-4-19)33-18-25(30)27-20-5-8-24(22(17-20)23-9-10-26-28(23)2)32-16-13-29-11-14-31-15-12-29/h3-10,17H,11-16,18H2,1-2H3,(H,27,30). The molecule has 1 aliphatic rings. The van der Waals surface area contributed by atoms with Crippen molar-refractivity contribution in [3.8, 4) is 22.8 Å². The number of benzene rings is 2. The Labute approximate surface area is 194 Å². The van der Waals surface area contributed by atoms with Crippen LogP contribution in [0.1, 0.15) is 5.56 Å². The zero-order valence-electron chi connectivity index (χ0n) is 19.1. The van der Waals surface area contributed by atoms with E-state index in [9.17, 15) is 4.79 Å². The number of aryl methyl sites for hydroxylation is 2. The second kappa shape index (κ2) is 11.0. The molecule has 1 aliphatic heterocycles. The van der Waals surface area contributed by atoms with Crippen LogP contribution in [0.25, 0.3) is 11.3 Å². The first kappa shape index (κ1) is 22.8. The first-order valence-electron chi connectivity index (χ1n) is 11.1. The average Bonchev–Trinajstić information content (AvgIpc) is 3.26. The molecule has 3 aromatic rings. The van der Waals surface area contributed by atoms with Gasteiger partial charge in [0, 0.05) is 44.1 Å². The molecule has 4 rings (SSSR count). The van der Waals surface area contributed by atoms with E-state index in [4.69, 9.17) is 14.2 Å². The van der Waals surface area contributed by atoms with Gasteiger partial charge in [-0.2, -0.15) is 5.10 Å². The van der Waals surface area contributed by atoms with Gasteiger partial charge in [0.1, 0.15) is 18.1 Å². The average molecular weight is 451 g/mol. The molecule has 0 aliphatic carbocycles. The minimum atomic E-state index is -0.229. The normalized spacial score (nSPS) is 14.1. The molecule has 0 saturated carbocycles. The second-order valence-electron chi connectivity index (χ2n) is 8.00. The number of hydrogen-bond acceptors (Lipinski definition) is 6. The Balaban J connectivity index is 1.41. The summed E-state index contributed by atoms with van der Waals surface area (Å²) in [6.45, 7) is 6.73. The van der Waals surface area contributed by atoms with E-state index in [1.165, 1.54) is 0 Å². The van der Waals surface area contributed by atoms with E-state index in [-0.39, 0.29) is 12.5 Å². The summed E-state index contributed by atoms with van der Waals surface area (Å²) in [4.78, 5) is 14.8. The van der Waals surface area contributed by atoms with Gasteiger partial charge in [-0.1, -0.05) is 17.7 Å². The Morgan fingerprint density at radius 2 is 1.88 bits per heavy atom. The molecule has 174 valence electrons. The highest BCUT2D eigenvalue weighted by Crippen LogP contribution is 2.32. The summed E-state index contributed by atoms with van der Waals surface area (Å²) in [7, 11) is 1.88. The van der Waals surface area contributed by atoms with Crippen molar-refractivity contribution in [1.82, 2.24) is 14.7 Å². The molecule has 8 nitrogen and oxygen atoms in total. The number of carbonyl (C=O) groups excluding carboxylic acids is 1. The molecule has 1 N–H and O–H groups in total. The Kier molecular flexibility index (Phi) is 7.59. The maximum absolute atomic E-state index is 12.4. The summed E-state index contributed by atoms with van der Waals surface area (Å²) in [5.74, 6) is 1.18. The van der Waals surface area contributed by atoms with Gasteiger partial charge in [-0.05, 0) is 43.3 Å². The predicted octanol–water partition coefficient (Wildman–Crippen LogP) is 3.12. The highest BCUT2D eigenvalue weighted by Gasteiger charge is 2.15. The number of rotatable bonds is 9. The number of anilines is 1. The first-order chi connectivity index (χ1) is 16.1. The third-order valence-electron chi connectivity index (χ3n) is 5.52. The maximum Gasteiger partial charge on any atom is 0.262 e. The monoisotopic (exact) mass is 450 g/mol. The van der Waals surface area contributed by atoms with Crippen molar-refractivity contribution < 1.29 is 19.0 Å². The van der Waals surface area contributed by atoms with Crippen LogP contribution in [0.3, 0.4) is 0 Å². The van der Waals surface area contributed by atoms with E-state index in [2.05, 4.69) is 15.3 Å². The smallest absolute Gasteiger partial charge is 0.262 e. The number of aromatic nitrogens is 2. The first-order valence-corrected chi connectivity index (χ1v) is 11.1. The molecule has 1 fully saturated rings. The number of amides is 1. The number of carbonyl (C=O) groups is 1. The molecule has 0 bridgehead atoms. The fourth-order valence-corrected chi connectivity index (χ4v) is 3.66. The SMILES string of the molecule is Cc1ccc(OCC(=O)Nc2ccc(OCCN3CCOCC3)c(-c3ccnn3C)c2)cc1. The van der Waals surface area contributed by atoms with Gasteiger partial charge in [0.05, 0.1) is 18.9 Å². The Hall–Kier alpha value is -3.36. The minimum absolute atomic E-state index is 0.0676. The summed E-state index contributed by atoms with van der Waals surface area (Å²) in [6, 6.07) is 15.2. The number of hydrogen-bond donors (Lipinski definition) is 1. The molecule has 0 radical (unpaired) electrons. The van der Waals surface area contributed by atoms with E-state index < -0.39 is 0 Å². The largest absolute Gasteiger partial charge is 0.492 e. The molecule has 0 unspecified atom stereocenters. The quantitative estimate of drug-likeness (QED) is 0.540. The molecule has 33 heavy (non-hydrogen) atoms. The molecule has 1 aromatic heterocycles. The number of nitrogens with zero attached hydrogens (tertiary/aromatic N) is 3. The minimum Gasteiger partial charge on any atom is -0.492 e. The molecule has 1 saturated heterocycles. The van der Waals surface area contributed by atoms with E-state index in [0.29, 0.717) is 18.0 Å². The summed E-state index contributed by atoms with van der Waals surface area (Å²) in [6.07, 6.45) is 1.74. The lowest BCUT2D eigenvalue weighted by Crippen LogP contribution is -2.38. The van der Waals surface area contributed by atoms with Gasteiger partial charge in [-0.3, -0.25) is 14.4 Å². The van der Waals surface area contributed by atoms with Gasteiger partial charge in [0.25, 0.3) is 5.91 Å². The Bertz CT molecular complexity index is 1060. The van der Waals surface area contributed by atoms with Crippen molar-refractivity contribution in [2.45, 2.75) is 6.92 Å². The summed E-state index contributed by atoms with van der Waals surface area (Å²) in [5.41, 5.74) is 3.59. The summed E-state index contributed by atoms with van der Waals surface area (Å²) < 4.78 is 18.9. The third kappa shape index (κ3) is 6.34. The van der Waals surface area contributed by atoms with E-state index >= 15 is 0 Å². The van der Waals surface area contributed by atoms with Crippen LogP contribution in [0.15, 0.2) is 54.7 Å². The van der Waals surface area contributed by atoms with Crippen molar-refractivity contribution in [2.24, 2.45) is 7.05 Å². The van der Waals surface area contributed by atoms with Crippen LogP contribution in [0.2, 0.25) is 0 Å². The Morgan fingerprint density at radius 1 is 1.09 bits per heavy atom. The second-order valence-corrected chi connectivity index (χ2v) is 8.00. The maximum atomic E-state index is 12.4. The Morgan fingerprint density at radius 3 is 2.61 bits per heavy atom. The lowest BCUT2D eigenvalue weighted by Gasteiger charge is -2.26. The van der Waals surface area contributed by atoms with E-state index in [0.717, 1.165) is 55.4 Å². The molecular formula is C25H30N4O4. The van der Waals surface area contributed by atoms with Crippen LogP contribution in [-0.2, 0) is 16.6 Å². The van der Waals surface area contributed by atoms with Gasteiger partial charge in [0.15, 0.2) is 6.61 Å². The van der Waals surface area contributed by atoms with Gasteiger partial charge in [-0.15, -0.1) is 0 Å². The van der Waals surface area contributed by atoms with Gasteiger partial charge < -0.3 is 19.5 Å². The topological polar surface area (TPSA) is 77.8 Å². The van der Waals surface area contributed by atoms with Gasteiger partial charge in [0.2, 0.25) is 0 Å².